The zero-order chi connectivity index (χ0) is 15.8. The maximum Gasteiger partial charge on any atom is 0.238 e. The van der Waals surface area contributed by atoms with Gasteiger partial charge in [-0.25, -0.2) is 0 Å². The average molecular weight is 299 g/mol. The fraction of sp³-hybridized carbons (Fsp3) is 0.235. The van der Waals surface area contributed by atoms with Crippen molar-refractivity contribution in [2.24, 2.45) is 0 Å². The number of carbonyl (C=O) groups is 1. The maximum atomic E-state index is 12.1. The molecular formula is C17H21N3O2. The lowest BCUT2D eigenvalue weighted by Gasteiger charge is -2.21. The summed E-state index contributed by atoms with van der Waals surface area (Å²) < 4.78 is 0. The lowest BCUT2D eigenvalue weighted by molar-refractivity contribution is -0.117. The van der Waals surface area contributed by atoms with Crippen LogP contribution in [-0.4, -0.2) is 35.6 Å². The molecule has 2 aromatic carbocycles. The Morgan fingerprint density at radius 2 is 1.91 bits per heavy atom. The van der Waals surface area contributed by atoms with Gasteiger partial charge in [0.25, 0.3) is 0 Å². The molecule has 0 saturated carbocycles. The van der Waals surface area contributed by atoms with E-state index >= 15 is 0 Å². The number of hydrogen-bond donors (Lipinski definition) is 3. The number of hydrogen-bond acceptors (Lipinski definition) is 4. The topological polar surface area (TPSA) is 78.6 Å². The Morgan fingerprint density at radius 1 is 1.14 bits per heavy atom. The molecule has 1 amide bonds. The van der Waals surface area contributed by atoms with Crippen LogP contribution >= 0.6 is 0 Å². The smallest absolute Gasteiger partial charge is 0.238 e. The molecule has 0 aliphatic carbocycles. The largest absolute Gasteiger partial charge is 0.399 e. The van der Waals surface area contributed by atoms with E-state index in [0.717, 1.165) is 5.56 Å². The highest BCUT2D eigenvalue weighted by molar-refractivity contribution is 5.92. The van der Waals surface area contributed by atoms with Gasteiger partial charge in [-0.05, 0) is 23.8 Å². The van der Waals surface area contributed by atoms with E-state index in [2.05, 4.69) is 5.32 Å². The van der Waals surface area contributed by atoms with Crippen molar-refractivity contribution in [2.75, 3.05) is 30.7 Å². The number of nitrogens with zero attached hydrogens (tertiary/aromatic N) is 1. The first kappa shape index (κ1) is 16.0. The van der Waals surface area contributed by atoms with Crippen molar-refractivity contribution < 1.29 is 9.90 Å². The summed E-state index contributed by atoms with van der Waals surface area (Å²) in [5, 5.41) is 12.0. The molecule has 0 spiro atoms. The van der Waals surface area contributed by atoms with Gasteiger partial charge in [-0.15, -0.1) is 0 Å². The Hall–Kier alpha value is -2.37. The number of aliphatic hydroxyl groups is 1. The number of amides is 1. The minimum absolute atomic E-state index is 0.0123. The molecule has 0 aromatic heterocycles. The molecule has 0 saturated heterocycles. The van der Waals surface area contributed by atoms with Crippen LogP contribution in [-0.2, 0) is 11.3 Å². The van der Waals surface area contributed by atoms with E-state index in [4.69, 9.17) is 10.8 Å². The highest BCUT2D eigenvalue weighted by atomic mass is 16.3. The minimum Gasteiger partial charge on any atom is -0.399 e. The van der Waals surface area contributed by atoms with Crippen molar-refractivity contribution in [3.8, 4) is 0 Å². The van der Waals surface area contributed by atoms with Crippen LogP contribution in [0.3, 0.4) is 0 Å². The summed E-state index contributed by atoms with van der Waals surface area (Å²) >= 11 is 0. The van der Waals surface area contributed by atoms with Gasteiger partial charge in [-0.1, -0.05) is 36.4 Å². The molecule has 0 aliphatic heterocycles. The Kier molecular flexibility index (Phi) is 5.94. The average Bonchev–Trinajstić information content (AvgIpc) is 2.48. The molecule has 22 heavy (non-hydrogen) atoms. The zero-order valence-electron chi connectivity index (χ0n) is 12.4. The van der Waals surface area contributed by atoms with Gasteiger partial charge in [0.1, 0.15) is 0 Å². The van der Waals surface area contributed by atoms with Crippen LogP contribution in [0.25, 0.3) is 0 Å². The predicted octanol–water partition coefficient (Wildman–Crippen LogP) is 1.70. The van der Waals surface area contributed by atoms with Gasteiger partial charge in [0.2, 0.25) is 5.91 Å². The van der Waals surface area contributed by atoms with E-state index in [1.807, 2.05) is 35.2 Å². The molecule has 0 aliphatic rings. The van der Waals surface area contributed by atoms with Crippen molar-refractivity contribution >= 4 is 17.3 Å². The molecule has 0 unspecified atom stereocenters. The summed E-state index contributed by atoms with van der Waals surface area (Å²) in [5.74, 6) is -0.130. The van der Waals surface area contributed by atoms with Crippen LogP contribution in [0.5, 0.6) is 0 Å². The Labute approximate surface area is 130 Å². The standard InChI is InChI=1S/C17H21N3O2/c18-15-7-4-8-16(11-15)19-17(22)13-20(9-10-21)12-14-5-2-1-3-6-14/h1-8,11,21H,9-10,12-13,18H2,(H,19,22). The van der Waals surface area contributed by atoms with Crippen LogP contribution in [0.2, 0.25) is 0 Å². The van der Waals surface area contributed by atoms with Gasteiger partial charge in [0.15, 0.2) is 0 Å². The fourth-order valence-electron chi connectivity index (χ4n) is 2.22. The molecule has 0 fully saturated rings. The number of nitrogens with two attached hydrogens (primary N) is 1. The van der Waals surface area contributed by atoms with E-state index in [-0.39, 0.29) is 19.1 Å². The molecule has 0 atom stereocenters. The second kappa shape index (κ2) is 8.17. The van der Waals surface area contributed by atoms with Gasteiger partial charge in [0, 0.05) is 24.5 Å². The van der Waals surface area contributed by atoms with Gasteiger partial charge < -0.3 is 16.2 Å². The second-order valence-electron chi connectivity index (χ2n) is 5.09. The summed E-state index contributed by atoms with van der Waals surface area (Å²) in [6.45, 7) is 1.29. The lowest BCUT2D eigenvalue weighted by Crippen LogP contribution is -2.34. The van der Waals surface area contributed by atoms with Crippen LogP contribution in [0.1, 0.15) is 5.56 Å². The van der Waals surface area contributed by atoms with E-state index < -0.39 is 0 Å². The summed E-state index contributed by atoms with van der Waals surface area (Å²) in [6.07, 6.45) is 0. The SMILES string of the molecule is Nc1cccc(NC(=O)CN(CCO)Cc2ccccc2)c1. The van der Waals surface area contributed by atoms with Crippen molar-refractivity contribution in [1.29, 1.82) is 0 Å². The van der Waals surface area contributed by atoms with Crippen LogP contribution in [0, 0.1) is 0 Å². The number of anilines is 2. The third kappa shape index (κ3) is 5.20. The van der Waals surface area contributed by atoms with Crippen molar-refractivity contribution in [2.45, 2.75) is 6.54 Å². The minimum atomic E-state index is -0.130. The maximum absolute atomic E-state index is 12.1. The number of nitrogens with one attached hydrogen (secondary N) is 1. The molecule has 116 valence electrons. The Morgan fingerprint density at radius 3 is 2.59 bits per heavy atom. The summed E-state index contributed by atoms with van der Waals surface area (Å²) in [7, 11) is 0. The van der Waals surface area contributed by atoms with E-state index in [1.54, 1.807) is 24.3 Å². The molecule has 2 aromatic rings. The third-order valence-corrected chi connectivity index (χ3v) is 3.20. The van der Waals surface area contributed by atoms with Gasteiger partial charge in [-0.3, -0.25) is 9.69 Å². The summed E-state index contributed by atoms with van der Waals surface area (Å²) in [6, 6.07) is 16.9. The molecule has 0 bridgehead atoms. The summed E-state index contributed by atoms with van der Waals surface area (Å²) in [5.41, 5.74) is 8.08. The summed E-state index contributed by atoms with van der Waals surface area (Å²) in [4.78, 5) is 14.0. The number of benzene rings is 2. The van der Waals surface area contributed by atoms with E-state index in [9.17, 15) is 4.79 Å². The van der Waals surface area contributed by atoms with Gasteiger partial charge in [-0.2, -0.15) is 0 Å². The number of aliphatic hydroxyl groups excluding tert-OH is 1. The molecule has 4 N–H and O–H groups in total. The first-order chi connectivity index (χ1) is 10.7. The number of carbonyl (C=O) groups excluding carboxylic acids is 1. The van der Waals surface area contributed by atoms with E-state index in [1.165, 1.54) is 0 Å². The third-order valence-electron chi connectivity index (χ3n) is 3.20. The predicted molar refractivity (Wildman–Crippen MR) is 88.3 cm³/mol. The molecular weight excluding hydrogens is 278 g/mol. The van der Waals surface area contributed by atoms with E-state index in [0.29, 0.717) is 24.5 Å². The highest BCUT2D eigenvalue weighted by Gasteiger charge is 2.11. The first-order valence-electron chi connectivity index (χ1n) is 7.20. The van der Waals surface area contributed by atoms with Crippen LogP contribution in [0.4, 0.5) is 11.4 Å². The van der Waals surface area contributed by atoms with Crippen molar-refractivity contribution in [3.63, 3.8) is 0 Å². The fourth-order valence-corrected chi connectivity index (χ4v) is 2.22. The number of rotatable bonds is 7. The van der Waals surface area contributed by atoms with Crippen molar-refractivity contribution in [3.05, 3.63) is 60.2 Å². The Bertz CT molecular complexity index is 602. The van der Waals surface area contributed by atoms with Crippen LogP contribution in [0.15, 0.2) is 54.6 Å². The monoisotopic (exact) mass is 299 g/mol. The molecule has 0 radical (unpaired) electrons. The second-order valence-corrected chi connectivity index (χ2v) is 5.09. The van der Waals surface area contributed by atoms with Gasteiger partial charge in [0.05, 0.1) is 13.2 Å². The molecule has 5 nitrogen and oxygen atoms in total. The molecule has 0 heterocycles. The van der Waals surface area contributed by atoms with Crippen LogP contribution < -0.4 is 11.1 Å². The zero-order valence-corrected chi connectivity index (χ0v) is 12.4. The quantitative estimate of drug-likeness (QED) is 0.680. The molecule has 2 rings (SSSR count). The first-order valence-corrected chi connectivity index (χ1v) is 7.20. The normalized spacial score (nSPS) is 10.6. The van der Waals surface area contributed by atoms with Crippen molar-refractivity contribution in [1.82, 2.24) is 4.90 Å². The highest BCUT2D eigenvalue weighted by Crippen LogP contribution is 2.12. The number of nitrogen functional groups attached to an aromatic ring is 1. The van der Waals surface area contributed by atoms with Gasteiger partial charge >= 0.3 is 0 Å². The Balaban J connectivity index is 1.93. The molecule has 5 heteroatoms. The lowest BCUT2D eigenvalue weighted by atomic mass is 10.2.